The van der Waals surface area contributed by atoms with E-state index in [0.29, 0.717) is 22.4 Å². The van der Waals surface area contributed by atoms with Crippen molar-refractivity contribution in [3.8, 4) is 11.4 Å². The number of nitrogens with zero attached hydrogens (tertiary/aromatic N) is 3. The lowest BCUT2D eigenvalue weighted by Crippen LogP contribution is -1.94. The molecule has 3 aromatic rings. The monoisotopic (exact) mass is 333 g/mol. The number of hydrogen-bond donors (Lipinski definition) is 1. The molecule has 0 spiro atoms. The molecule has 0 unspecified atom stereocenters. The first-order valence-electron chi connectivity index (χ1n) is 5.68. The molecule has 0 aliphatic heterocycles. The third-order valence-electron chi connectivity index (χ3n) is 2.91. The summed E-state index contributed by atoms with van der Waals surface area (Å²) >= 11 is 3.35. The molecule has 3 rings (SSSR count). The van der Waals surface area contributed by atoms with Gasteiger partial charge in [0.25, 0.3) is 5.69 Å². The molecule has 0 fully saturated rings. The van der Waals surface area contributed by atoms with Crippen LogP contribution in [0.4, 0.5) is 5.69 Å². The van der Waals surface area contributed by atoms with E-state index in [0.717, 1.165) is 9.20 Å². The van der Waals surface area contributed by atoms with Crippen molar-refractivity contribution in [3.05, 3.63) is 57.1 Å². The molecule has 100 valence electrons. The van der Waals surface area contributed by atoms with Crippen molar-refractivity contribution >= 4 is 32.7 Å². The van der Waals surface area contributed by atoms with E-state index in [1.54, 1.807) is 6.07 Å². The Morgan fingerprint density at radius 2 is 2.05 bits per heavy atom. The van der Waals surface area contributed by atoms with Crippen LogP contribution in [0, 0.1) is 10.1 Å². The Morgan fingerprint density at radius 3 is 2.75 bits per heavy atom. The third-order valence-corrected chi connectivity index (χ3v) is 3.40. The number of hydrogen-bond acceptors (Lipinski definition) is 4. The number of imidazole rings is 1. The highest BCUT2D eigenvalue weighted by Gasteiger charge is 2.15. The van der Waals surface area contributed by atoms with Gasteiger partial charge in [0.15, 0.2) is 5.82 Å². The normalized spacial score (nSPS) is 10.8. The second-order valence-electron chi connectivity index (χ2n) is 4.19. The van der Waals surface area contributed by atoms with Gasteiger partial charge in [-0.15, -0.1) is 0 Å². The zero-order valence-electron chi connectivity index (χ0n) is 10.0. The summed E-state index contributed by atoms with van der Waals surface area (Å²) in [5, 5.41) is 20.9. The van der Waals surface area contributed by atoms with Crippen molar-refractivity contribution in [3.63, 3.8) is 0 Å². The van der Waals surface area contributed by atoms with Crippen LogP contribution < -0.4 is 0 Å². The van der Waals surface area contributed by atoms with Gasteiger partial charge >= 0.3 is 0 Å². The summed E-state index contributed by atoms with van der Waals surface area (Å²) in [5.41, 5.74) is 1.41. The SMILES string of the molecule is O=[N+]([O-])c1ccc2nc(-c3cccc(Br)c3)n(O)c2c1. The number of aromatic nitrogens is 2. The molecule has 0 aliphatic rings. The number of rotatable bonds is 2. The molecule has 1 aromatic heterocycles. The summed E-state index contributed by atoms with van der Waals surface area (Å²) < 4.78 is 1.72. The van der Waals surface area contributed by atoms with E-state index >= 15 is 0 Å². The summed E-state index contributed by atoms with van der Waals surface area (Å²) in [7, 11) is 0. The molecule has 0 radical (unpaired) electrons. The molecular formula is C13H8BrN3O3. The smallest absolute Gasteiger partial charge is 0.271 e. The lowest BCUT2D eigenvalue weighted by atomic mass is 10.2. The van der Waals surface area contributed by atoms with Crippen molar-refractivity contribution in [2.24, 2.45) is 0 Å². The highest BCUT2D eigenvalue weighted by molar-refractivity contribution is 9.10. The molecule has 1 heterocycles. The fourth-order valence-corrected chi connectivity index (χ4v) is 2.38. The number of benzene rings is 2. The molecule has 1 N–H and O–H groups in total. The molecule has 0 atom stereocenters. The molecule has 0 amide bonds. The minimum absolute atomic E-state index is 0.0894. The third kappa shape index (κ3) is 2.01. The van der Waals surface area contributed by atoms with Crippen LogP contribution in [-0.4, -0.2) is 19.8 Å². The van der Waals surface area contributed by atoms with Gasteiger partial charge in [0.05, 0.1) is 10.4 Å². The molecular weight excluding hydrogens is 326 g/mol. The maximum atomic E-state index is 10.8. The molecule has 0 saturated heterocycles. The predicted octanol–water partition coefficient (Wildman–Crippen LogP) is 3.61. The lowest BCUT2D eigenvalue weighted by Gasteiger charge is -2.01. The fourth-order valence-electron chi connectivity index (χ4n) is 1.98. The van der Waals surface area contributed by atoms with E-state index in [9.17, 15) is 15.3 Å². The number of fused-ring (bicyclic) bond motifs is 1. The van der Waals surface area contributed by atoms with E-state index in [-0.39, 0.29) is 5.69 Å². The average Bonchev–Trinajstić information content (AvgIpc) is 2.76. The van der Waals surface area contributed by atoms with Gasteiger partial charge in [-0.05, 0) is 18.2 Å². The molecule has 0 bridgehead atoms. The van der Waals surface area contributed by atoms with Gasteiger partial charge in [-0.3, -0.25) is 10.1 Å². The van der Waals surface area contributed by atoms with Crippen LogP contribution in [0.3, 0.4) is 0 Å². The highest BCUT2D eigenvalue weighted by atomic mass is 79.9. The zero-order valence-corrected chi connectivity index (χ0v) is 11.6. The Kier molecular flexibility index (Phi) is 2.90. The van der Waals surface area contributed by atoms with Crippen LogP contribution in [0.25, 0.3) is 22.4 Å². The van der Waals surface area contributed by atoms with Gasteiger partial charge in [0, 0.05) is 22.2 Å². The van der Waals surface area contributed by atoms with E-state index in [1.165, 1.54) is 18.2 Å². The summed E-state index contributed by atoms with van der Waals surface area (Å²) in [6, 6.07) is 11.5. The van der Waals surface area contributed by atoms with Gasteiger partial charge in [-0.2, -0.15) is 4.73 Å². The standard InChI is InChI=1S/C13H8BrN3O3/c14-9-3-1-2-8(6-9)13-15-11-5-4-10(17(19)20)7-12(11)16(13)18/h1-7,18H. The van der Waals surface area contributed by atoms with Crippen LogP contribution in [0.2, 0.25) is 0 Å². The Bertz CT molecular complexity index is 829. The predicted molar refractivity (Wildman–Crippen MR) is 76.7 cm³/mol. The first-order chi connectivity index (χ1) is 9.56. The van der Waals surface area contributed by atoms with Gasteiger partial charge in [0.2, 0.25) is 0 Å². The van der Waals surface area contributed by atoms with Crippen molar-refractivity contribution < 1.29 is 10.1 Å². The molecule has 0 saturated carbocycles. The van der Waals surface area contributed by atoms with Crippen LogP contribution in [0.15, 0.2) is 46.9 Å². The summed E-state index contributed by atoms with van der Waals surface area (Å²) in [6.45, 7) is 0. The number of halogens is 1. The minimum atomic E-state index is -0.509. The van der Waals surface area contributed by atoms with Crippen LogP contribution in [0.1, 0.15) is 0 Å². The molecule has 20 heavy (non-hydrogen) atoms. The van der Waals surface area contributed by atoms with E-state index < -0.39 is 4.92 Å². The van der Waals surface area contributed by atoms with Gasteiger partial charge < -0.3 is 5.21 Å². The zero-order chi connectivity index (χ0) is 14.3. The van der Waals surface area contributed by atoms with Crippen LogP contribution in [0.5, 0.6) is 0 Å². The second-order valence-corrected chi connectivity index (χ2v) is 5.10. The van der Waals surface area contributed by atoms with Crippen molar-refractivity contribution in [1.29, 1.82) is 0 Å². The number of nitro groups is 1. The molecule has 7 heteroatoms. The topological polar surface area (TPSA) is 81.2 Å². The summed E-state index contributed by atoms with van der Waals surface area (Å²) in [5.74, 6) is 0.335. The summed E-state index contributed by atoms with van der Waals surface area (Å²) in [6.07, 6.45) is 0. The number of nitro benzene ring substituents is 1. The average molecular weight is 334 g/mol. The van der Waals surface area contributed by atoms with Crippen LogP contribution in [-0.2, 0) is 0 Å². The maximum Gasteiger partial charge on any atom is 0.271 e. The van der Waals surface area contributed by atoms with Gasteiger partial charge in [-0.25, -0.2) is 4.98 Å². The first kappa shape index (κ1) is 12.6. The molecule has 6 nitrogen and oxygen atoms in total. The Morgan fingerprint density at radius 1 is 1.25 bits per heavy atom. The van der Waals surface area contributed by atoms with E-state index in [2.05, 4.69) is 20.9 Å². The largest absolute Gasteiger partial charge is 0.426 e. The van der Waals surface area contributed by atoms with Crippen LogP contribution >= 0.6 is 15.9 Å². The highest BCUT2D eigenvalue weighted by Crippen LogP contribution is 2.27. The Balaban J connectivity index is 2.23. The quantitative estimate of drug-likeness (QED) is 0.441. The van der Waals surface area contributed by atoms with E-state index in [4.69, 9.17) is 0 Å². The van der Waals surface area contributed by atoms with Gasteiger partial charge in [0.1, 0.15) is 5.52 Å². The van der Waals surface area contributed by atoms with E-state index in [1.807, 2.05) is 18.2 Å². The lowest BCUT2D eigenvalue weighted by molar-refractivity contribution is -0.384. The second kappa shape index (κ2) is 4.61. The Hall–Kier alpha value is -2.41. The Labute approximate surface area is 121 Å². The van der Waals surface area contributed by atoms with Crippen molar-refractivity contribution in [2.75, 3.05) is 0 Å². The first-order valence-corrected chi connectivity index (χ1v) is 6.47. The van der Waals surface area contributed by atoms with Crippen molar-refractivity contribution in [1.82, 2.24) is 9.71 Å². The van der Waals surface area contributed by atoms with Gasteiger partial charge in [-0.1, -0.05) is 28.1 Å². The molecule has 0 aliphatic carbocycles. The van der Waals surface area contributed by atoms with Crippen molar-refractivity contribution in [2.45, 2.75) is 0 Å². The summed E-state index contributed by atoms with van der Waals surface area (Å²) in [4.78, 5) is 14.6. The minimum Gasteiger partial charge on any atom is -0.426 e. The molecule has 2 aromatic carbocycles. The maximum absolute atomic E-state index is 10.8. The number of non-ortho nitro benzene ring substituents is 1. The fraction of sp³-hybridized carbons (Fsp3) is 0.